The van der Waals surface area contributed by atoms with Crippen LogP contribution in [-0.2, 0) is 6.42 Å². The number of nitrogen functional groups attached to an aromatic ring is 1. The molecule has 3 aromatic rings. The summed E-state index contributed by atoms with van der Waals surface area (Å²) in [7, 11) is 0. The van der Waals surface area contributed by atoms with E-state index in [9.17, 15) is 19.0 Å². The van der Waals surface area contributed by atoms with Crippen molar-refractivity contribution in [3.8, 4) is 5.82 Å². The molecule has 2 aliphatic heterocycles. The predicted molar refractivity (Wildman–Crippen MR) is 146 cm³/mol. The number of halogens is 2. The molecule has 10 nitrogen and oxygen atoms in total. The molecule has 1 fully saturated rings. The minimum Gasteiger partial charge on any atom is -0.395 e. The monoisotopic (exact) mass is 540 g/mol. The molecule has 5 rings (SSSR count). The summed E-state index contributed by atoms with van der Waals surface area (Å²) in [6, 6.07) is 4.41. The second-order valence-electron chi connectivity index (χ2n) is 9.91. The van der Waals surface area contributed by atoms with Crippen molar-refractivity contribution in [3.63, 3.8) is 0 Å². The average Bonchev–Trinajstić information content (AvgIpc) is 3.28. The molecule has 0 bridgehead atoms. The molecule has 0 radical (unpaired) electrons. The molecule has 0 spiro atoms. The second kappa shape index (κ2) is 11.6. The Bertz CT molecular complexity index is 1340. The molecule has 4 N–H and O–H groups in total. The highest BCUT2D eigenvalue weighted by atomic mass is 19.1. The lowest BCUT2D eigenvalue weighted by molar-refractivity contribution is 0.233. The fourth-order valence-electron chi connectivity index (χ4n) is 5.49. The van der Waals surface area contributed by atoms with E-state index >= 15 is 0 Å². The Balaban J connectivity index is 1.25. The third-order valence-electron chi connectivity index (χ3n) is 7.45. The first-order valence-electron chi connectivity index (χ1n) is 13.2. The fraction of sp³-hybridized carbons (Fsp3) is 0.444. The highest BCUT2D eigenvalue weighted by Crippen LogP contribution is 2.35. The van der Waals surface area contributed by atoms with Gasteiger partial charge in [0.2, 0.25) is 5.95 Å². The zero-order valence-corrected chi connectivity index (χ0v) is 22.0. The van der Waals surface area contributed by atoms with Crippen molar-refractivity contribution >= 4 is 23.5 Å². The molecular weight excluding hydrogens is 506 g/mol. The number of nitrogens with zero attached hydrogens (tertiary/aromatic N) is 7. The van der Waals surface area contributed by atoms with Crippen LogP contribution in [0.5, 0.6) is 0 Å². The first kappa shape index (κ1) is 27.0. The van der Waals surface area contributed by atoms with Crippen molar-refractivity contribution in [2.45, 2.75) is 25.8 Å². The van der Waals surface area contributed by atoms with Crippen LogP contribution < -0.4 is 15.5 Å². The zero-order chi connectivity index (χ0) is 27.5. The number of benzene rings is 1. The van der Waals surface area contributed by atoms with Crippen molar-refractivity contribution in [3.05, 3.63) is 58.9 Å². The molecule has 0 aliphatic carbocycles. The highest BCUT2D eigenvalue weighted by molar-refractivity contribution is 5.58. The van der Waals surface area contributed by atoms with E-state index in [0.29, 0.717) is 42.4 Å². The quantitative estimate of drug-likeness (QED) is 0.373. The summed E-state index contributed by atoms with van der Waals surface area (Å²) < 4.78 is 29.8. The van der Waals surface area contributed by atoms with Crippen LogP contribution in [0.3, 0.4) is 0 Å². The Morgan fingerprint density at radius 3 is 2.69 bits per heavy atom. The third kappa shape index (κ3) is 5.72. The predicted octanol–water partition coefficient (Wildman–Crippen LogP) is 1.77. The van der Waals surface area contributed by atoms with Crippen LogP contribution in [0.2, 0.25) is 0 Å². The molecule has 12 heteroatoms. The van der Waals surface area contributed by atoms with Crippen molar-refractivity contribution < 1.29 is 19.0 Å². The smallest absolute Gasteiger partial charge is 0.224 e. The zero-order valence-electron chi connectivity index (χ0n) is 22.0. The summed E-state index contributed by atoms with van der Waals surface area (Å²) in [5, 5.41) is 23.2. The van der Waals surface area contributed by atoms with Gasteiger partial charge in [-0.15, -0.1) is 0 Å². The molecule has 39 heavy (non-hydrogen) atoms. The van der Waals surface area contributed by atoms with Gasteiger partial charge in [0.05, 0.1) is 25.1 Å². The standard InChI is InChI=1S/C27H34F2N8O2/c1-18-19(16-31-37(18)26-15-25(32-27(30)33-26)35(9-11-38)10-12-39)3-2-6-34-7-8-36-21(17-34)4-5-22-23(29)13-20(28)14-24(22)36/h2-3,13-16,21,38-39H,4-12,17H2,1H3,(H2,30,32,33)/b3-2+. The van der Waals surface area contributed by atoms with Crippen LogP contribution >= 0.6 is 0 Å². The van der Waals surface area contributed by atoms with Gasteiger partial charge in [-0.3, -0.25) is 4.90 Å². The van der Waals surface area contributed by atoms with Gasteiger partial charge in [-0.25, -0.2) is 13.5 Å². The average molecular weight is 541 g/mol. The fourth-order valence-corrected chi connectivity index (χ4v) is 5.49. The van der Waals surface area contributed by atoms with Crippen LogP contribution in [0, 0.1) is 18.6 Å². The molecule has 0 saturated carbocycles. The lowest BCUT2D eigenvalue weighted by Crippen LogP contribution is -2.55. The summed E-state index contributed by atoms with van der Waals surface area (Å²) in [6.07, 6.45) is 7.37. The molecule has 1 atom stereocenters. The first-order valence-corrected chi connectivity index (χ1v) is 13.2. The van der Waals surface area contributed by atoms with E-state index in [2.05, 4.69) is 30.9 Å². The van der Waals surface area contributed by atoms with E-state index < -0.39 is 11.6 Å². The maximum Gasteiger partial charge on any atom is 0.224 e. The maximum absolute atomic E-state index is 14.2. The molecule has 1 saturated heterocycles. The van der Waals surface area contributed by atoms with Gasteiger partial charge in [-0.2, -0.15) is 15.1 Å². The van der Waals surface area contributed by atoms with Gasteiger partial charge in [0, 0.05) is 74.3 Å². The van der Waals surface area contributed by atoms with Gasteiger partial charge >= 0.3 is 0 Å². The summed E-state index contributed by atoms with van der Waals surface area (Å²) in [6.45, 7) is 5.49. The Morgan fingerprint density at radius 1 is 1.13 bits per heavy atom. The van der Waals surface area contributed by atoms with Crippen LogP contribution in [0.1, 0.15) is 23.2 Å². The Kier molecular flexibility index (Phi) is 8.05. The van der Waals surface area contributed by atoms with Gasteiger partial charge in [0.1, 0.15) is 17.5 Å². The number of nitrogens with two attached hydrogens (primary N) is 1. The van der Waals surface area contributed by atoms with Crippen LogP contribution in [0.15, 0.2) is 30.5 Å². The van der Waals surface area contributed by atoms with E-state index in [4.69, 9.17) is 5.73 Å². The van der Waals surface area contributed by atoms with Gasteiger partial charge in [-0.1, -0.05) is 12.2 Å². The minimum absolute atomic E-state index is 0.0744. The third-order valence-corrected chi connectivity index (χ3v) is 7.45. The van der Waals surface area contributed by atoms with E-state index in [0.717, 1.165) is 49.9 Å². The van der Waals surface area contributed by atoms with E-state index in [-0.39, 0.29) is 25.2 Å². The van der Waals surface area contributed by atoms with Crippen molar-refractivity contribution in [2.24, 2.45) is 0 Å². The summed E-state index contributed by atoms with van der Waals surface area (Å²) in [4.78, 5) is 14.8. The molecule has 2 aliphatic rings. The van der Waals surface area contributed by atoms with Crippen LogP contribution in [-0.4, -0.2) is 93.4 Å². The van der Waals surface area contributed by atoms with E-state index in [1.165, 1.54) is 6.07 Å². The van der Waals surface area contributed by atoms with E-state index in [1.54, 1.807) is 21.8 Å². The number of aliphatic hydroxyl groups is 2. The van der Waals surface area contributed by atoms with Crippen LogP contribution in [0.4, 0.5) is 26.2 Å². The Morgan fingerprint density at radius 2 is 1.92 bits per heavy atom. The lowest BCUT2D eigenvalue weighted by atomic mass is 9.93. The number of aliphatic hydroxyl groups excluding tert-OH is 2. The SMILES string of the molecule is Cc1c(/C=C/CN2CCN3c4cc(F)cc(F)c4CCC3C2)cnn1-c1cc(N(CCO)CCO)nc(N)n1. The number of hydrogen-bond acceptors (Lipinski definition) is 9. The lowest BCUT2D eigenvalue weighted by Gasteiger charge is -2.46. The number of hydrogen-bond donors (Lipinski definition) is 3. The van der Waals surface area contributed by atoms with Crippen molar-refractivity contribution in [1.82, 2.24) is 24.6 Å². The minimum atomic E-state index is -0.526. The summed E-state index contributed by atoms with van der Waals surface area (Å²) in [5.41, 5.74) is 9.10. The molecule has 1 aromatic carbocycles. The Hall–Kier alpha value is -3.61. The normalized spacial score (nSPS) is 17.5. The highest BCUT2D eigenvalue weighted by Gasteiger charge is 2.33. The Labute approximate surface area is 226 Å². The molecule has 2 aromatic heterocycles. The molecule has 4 heterocycles. The second-order valence-corrected chi connectivity index (χ2v) is 9.91. The van der Waals surface area contributed by atoms with Gasteiger partial charge in [0.25, 0.3) is 0 Å². The molecular formula is C27H34F2N8O2. The van der Waals surface area contributed by atoms with Crippen molar-refractivity contribution in [2.75, 3.05) is 68.0 Å². The number of anilines is 3. The summed E-state index contributed by atoms with van der Waals surface area (Å²) in [5.74, 6) is 0.102. The maximum atomic E-state index is 14.2. The van der Waals surface area contributed by atoms with Gasteiger partial charge in [0.15, 0.2) is 5.82 Å². The summed E-state index contributed by atoms with van der Waals surface area (Å²) >= 11 is 0. The molecule has 1 unspecified atom stereocenters. The largest absolute Gasteiger partial charge is 0.395 e. The van der Waals surface area contributed by atoms with Crippen LogP contribution in [0.25, 0.3) is 11.9 Å². The van der Waals surface area contributed by atoms with Crippen molar-refractivity contribution in [1.29, 1.82) is 0 Å². The topological polar surface area (TPSA) is 120 Å². The number of fused-ring (bicyclic) bond motifs is 3. The number of aromatic nitrogens is 4. The first-order chi connectivity index (χ1) is 18.9. The number of piperazine rings is 1. The van der Waals surface area contributed by atoms with Gasteiger partial charge < -0.3 is 25.7 Å². The van der Waals surface area contributed by atoms with Gasteiger partial charge in [-0.05, 0) is 25.8 Å². The van der Waals surface area contributed by atoms with E-state index in [1.807, 2.05) is 13.0 Å². The number of rotatable bonds is 9. The molecule has 208 valence electrons. The molecule has 0 amide bonds.